The second-order valence-corrected chi connectivity index (χ2v) is 4.59. The molecule has 0 spiro atoms. The van der Waals surface area contributed by atoms with Gasteiger partial charge in [0.05, 0.1) is 5.56 Å². The molecule has 19 heavy (non-hydrogen) atoms. The second kappa shape index (κ2) is 4.40. The molecule has 1 nitrogen and oxygen atoms in total. The van der Waals surface area contributed by atoms with E-state index in [4.69, 9.17) is 0 Å². The lowest BCUT2D eigenvalue weighted by molar-refractivity contribution is -0.185. The third kappa shape index (κ3) is 2.43. The van der Waals surface area contributed by atoms with Gasteiger partial charge in [-0.1, -0.05) is 18.2 Å². The summed E-state index contributed by atoms with van der Waals surface area (Å²) < 4.78 is 77.4. The highest BCUT2D eigenvalue weighted by atomic mass is 19.4. The summed E-state index contributed by atoms with van der Waals surface area (Å²) in [4.78, 5) is 0. The van der Waals surface area contributed by atoms with Crippen molar-refractivity contribution in [2.24, 2.45) is 0 Å². The maximum atomic E-state index is 13.2. The molecule has 1 unspecified atom stereocenters. The number of halogens is 6. The summed E-state index contributed by atoms with van der Waals surface area (Å²) in [5, 5.41) is 2.58. The third-order valence-electron chi connectivity index (χ3n) is 3.44. The van der Waals surface area contributed by atoms with E-state index < -0.39 is 29.9 Å². The van der Waals surface area contributed by atoms with Gasteiger partial charge in [-0.25, -0.2) is 0 Å². The van der Waals surface area contributed by atoms with Crippen molar-refractivity contribution in [2.75, 3.05) is 13.1 Å². The first-order valence-electron chi connectivity index (χ1n) is 5.62. The summed E-state index contributed by atoms with van der Waals surface area (Å²) in [6.07, 6.45) is -9.48. The summed E-state index contributed by atoms with van der Waals surface area (Å²) in [6, 6.07) is 3.50. The summed E-state index contributed by atoms with van der Waals surface area (Å²) in [5.74, 6) is 0. The molecule has 0 saturated carbocycles. The number of alkyl halides is 6. The Balaban J connectivity index is 2.50. The Hall–Kier alpha value is -1.24. The molecule has 7 heteroatoms. The van der Waals surface area contributed by atoms with Gasteiger partial charge in [-0.3, -0.25) is 0 Å². The van der Waals surface area contributed by atoms with Gasteiger partial charge in [-0.15, -0.1) is 0 Å². The fourth-order valence-electron chi connectivity index (χ4n) is 2.34. The molecule has 1 aliphatic rings. The molecule has 1 aromatic carbocycles. The van der Waals surface area contributed by atoms with Crippen LogP contribution >= 0.6 is 0 Å². The van der Waals surface area contributed by atoms with Crippen molar-refractivity contribution in [1.82, 2.24) is 5.32 Å². The highest BCUT2D eigenvalue weighted by Gasteiger charge is 2.57. The van der Waals surface area contributed by atoms with Crippen molar-refractivity contribution in [3.8, 4) is 0 Å². The van der Waals surface area contributed by atoms with Gasteiger partial charge >= 0.3 is 12.4 Å². The molecule has 1 N–H and O–H groups in total. The van der Waals surface area contributed by atoms with Gasteiger partial charge in [-0.2, -0.15) is 26.3 Å². The zero-order valence-electron chi connectivity index (χ0n) is 9.70. The molecule has 1 atom stereocenters. The first-order chi connectivity index (χ1) is 8.67. The van der Waals surface area contributed by atoms with Gasteiger partial charge in [0.25, 0.3) is 0 Å². The lowest BCUT2D eigenvalue weighted by Gasteiger charge is -2.31. The summed E-state index contributed by atoms with van der Waals surface area (Å²) in [5.41, 5.74) is -3.62. The van der Waals surface area contributed by atoms with Crippen LogP contribution in [0.1, 0.15) is 17.5 Å². The highest BCUT2D eigenvalue weighted by Crippen LogP contribution is 2.46. The standard InChI is InChI=1S/C12H11F6N/c13-11(14,15)9-3-1-2-8(6-9)10(12(16,17)18)4-5-19-7-10/h1-3,6,19H,4-5,7H2. The molecule has 1 heterocycles. The third-order valence-corrected chi connectivity index (χ3v) is 3.44. The van der Waals surface area contributed by atoms with E-state index in [9.17, 15) is 26.3 Å². The number of hydrogen-bond donors (Lipinski definition) is 1. The lowest BCUT2D eigenvalue weighted by atomic mass is 9.78. The Labute approximate surface area is 105 Å². The predicted octanol–water partition coefficient (Wildman–Crippen LogP) is 3.50. The Morgan fingerprint density at radius 2 is 1.74 bits per heavy atom. The van der Waals surface area contributed by atoms with E-state index in [1.807, 2.05) is 0 Å². The van der Waals surface area contributed by atoms with Crippen molar-refractivity contribution in [3.05, 3.63) is 35.4 Å². The minimum atomic E-state index is -4.64. The average molecular weight is 283 g/mol. The van der Waals surface area contributed by atoms with Crippen LogP contribution in [-0.4, -0.2) is 19.3 Å². The molecular weight excluding hydrogens is 272 g/mol. The van der Waals surface area contributed by atoms with E-state index in [-0.39, 0.29) is 18.5 Å². The quantitative estimate of drug-likeness (QED) is 0.778. The first-order valence-corrected chi connectivity index (χ1v) is 5.62. The fourth-order valence-corrected chi connectivity index (χ4v) is 2.34. The summed E-state index contributed by atoms with van der Waals surface area (Å²) >= 11 is 0. The van der Waals surface area contributed by atoms with Gasteiger partial charge < -0.3 is 5.32 Å². The van der Waals surface area contributed by atoms with E-state index in [2.05, 4.69) is 5.32 Å². The van der Waals surface area contributed by atoms with Crippen molar-refractivity contribution in [2.45, 2.75) is 24.2 Å². The van der Waals surface area contributed by atoms with Gasteiger partial charge in [0.15, 0.2) is 0 Å². The SMILES string of the molecule is FC(F)(F)c1cccc(C2(C(F)(F)F)CCNC2)c1. The van der Waals surface area contributed by atoms with Gasteiger partial charge in [0.2, 0.25) is 0 Å². The topological polar surface area (TPSA) is 12.0 Å². The molecule has 0 bridgehead atoms. The molecule has 2 rings (SSSR count). The summed E-state index contributed by atoms with van der Waals surface area (Å²) in [7, 11) is 0. The van der Waals surface area contributed by atoms with E-state index >= 15 is 0 Å². The van der Waals surface area contributed by atoms with Gasteiger partial charge in [0.1, 0.15) is 5.41 Å². The molecule has 106 valence electrons. The molecule has 1 fully saturated rings. The van der Waals surface area contributed by atoms with Crippen LogP contribution in [0.2, 0.25) is 0 Å². The smallest absolute Gasteiger partial charge is 0.315 e. The van der Waals surface area contributed by atoms with Crippen molar-refractivity contribution < 1.29 is 26.3 Å². The average Bonchev–Trinajstić information content (AvgIpc) is 2.77. The molecular formula is C12H11F6N. The van der Waals surface area contributed by atoms with Crippen LogP contribution in [0.15, 0.2) is 24.3 Å². The van der Waals surface area contributed by atoms with Crippen molar-refractivity contribution >= 4 is 0 Å². The van der Waals surface area contributed by atoms with E-state index in [1.54, 1.807) is 0 Å². The van der Waals surface area contributed by atoms with Crippen LogP contribution in [-0.2, 0) is 11.6 Å². The van der Waals surface area contributed by atoms with E-state index in [0.717, 1.165) is 18.2 Å². The van der Waals surface area contributed by atoms with Crippen molar-refractivity contribution in [3.63, 3.8) is 0 Å². The van der Waals surface area contributed by atoms with E-state index in [1.165, 1.54) is 0 Å². The maximum Gasteiger partial charge on any atom is 0.416 e. The number of hydrogen-bond acceptors (Lipinski definition) is 1. The fraction of sp³-hybridized carbons (Fsp3) is 0.500. The summed E-state index contributed by atoms with van der Waals surface area (Å²) in [6.45, 7) is -0.256. The maximum absolute atomic E-state index is 13.2. The number of rotatable bonds is 1. The molecule has 0 aromatic heterocycles. The van der Waals surface area contributed by atoms with Crippen LogP contribution in [0, 0.1) is 0 Å². The lowest BCUT2D eigenvalue weighted by Crippen LogP contribution is -2.44. The Bertz CT molecular complexity index is 456. The number of benzene rings is 1. The molecule has 0 amide bonds. The highest BCUT2D eigenvalue weighted by molar-refractivity contribution is 5.34. The van der Waals surface area contributed by atoms with Crippen LogP contribution in [0.4, 0.5) is 26.3 Å². The van der Waals surface area contributed by atoms with Crippen LogP contribution in [0.25, 0.3) is 0 Å². The molecule has 0 aliphatic carbocycles. The van der Waals surface area contributed by atoms with Gasteiger partial charge in [0, 0.05) is 6.54 Å². The zero-order chi connectivity index (χ0) is 14.3. The zero-order valence-corrected chi connectivity index (χ0v) is 9.70. The molecule has 1 saturated heterocycles. The molecule has 0 radical (unpaired) electrons. The Morgan fingerprint density at radius 3 is 2.21 bits per heavy atom. The predicted molar refractivity (Wildman–Crippen MR) is 56.7 cm³/mol. The number of nitrogens with one attached hydrogen (secondary N) is 1. The van der Waals surface area contributed by atoms with Crippen LogP contribution < -0.4 is 5.32 Å². The minimum absolute atomic E-state index is 0.135. The Morgan fingerprint density at radius 1 is 1.05 bits per heavy atom. The normalized spacial score (nSPS) is 24.7. The van der Waals surface area contributed by atoms with Crippen LogP contribution in [0.3, 0.4) is 0 Å². The Kier molecular flexibility index (Phi) is 3.28. The van der Waals surface area contributed by atoms with Gasteiger partial charge in [-0.05, 0) is 24.6 Å². The molecule has 1 aliphatic heterocycles. The van der Waals surface area contributed by atoms with Crippen LogP contribution in [0.5, 0.6) is 0 Å². The monoisotopic (exact) mass is 283 g/mol. The minimum Gasteiger partial charge on any atom is -0.315 e. The molecule has 1 aromatic rings. The largest absolute Gasteiger partial charge is 0.416 e. The van der Waals surface area contributed by atoms with E-state index in [0.29, 0.717) is 6.07 Å². The van der Waals surface area contributed by atoms with Crippen molar-refractivity contribution in [1.29, 1.82) is 0 Å². The first kappa shape index (κ1) is 14.2. The second-order valence-electron chi connectivity index (χ2n) is 4.59.